The van der Waals surface area contributed by atoms with Crippen molar-refractivity contribution in [3.63, 3.8) is 0 Å². The normalized spacial score (nSPS) is 11.8. The molecule has 0 atom stereocenters. The number of fused-ring (bicyclic) bond motifs is 1. The summed E-state index contributed by atoms with van der Waals surface area (Å²) in [6, 6.07) is 19.3. The van der Waals surface area contributed by atoms with Gasteiger partial charge in [-0.05, 0) is 36.4 Å². The molecule has 0 aliphatic carbocycles. The zero-order valence-corrected chi connectivity index (χ0v) is 16.4. The Kier molecular flexibility index (Phi) is 4.40. The molecule has 1 N–H and O–H groups in total. The molecular weight excluding hydrogens is 354 g/mol. The van der Waals surface area contributed by atoms with E-state index in [-0.39, 0.29) is 10.3 Å². The summed E-state index contributed by atoms with van der Waals surface area (Å²) >= 11 is 1.83. The number of H-pyrrole nitrogens is 1. The lowest BCUT2D eigenvalue weighted by atomic mass is 10.2. The van der Waals surface area contributed by atoms with Crippen LogP contribution in [0, 0.1) is 0 Å². The largest absolute Gasteiger partial charge is 0.338 e. The molecule has 0 bridgehead atoms. The van der Waals surface area contributed by atoms with Crippen LogP contribution in [0.25, 0.3) is 28.1 Å². The lowest BCUT2D eigenvalue weighted by Gasteiger charge is -2.17. The molecule has 0 radical (unpaired) electrons. The van der Waals surface area contributed by atoms with E-state index in [1.54, 1.807) is 10.6 Å². The first-order valence-electron chi connectivity index (χ1n) is 8.86. The Morgan fingerprint density at radius 2 is 1.78 bits per heavy atom. The van der Waals surface area contributed by atoms with Gasteiger partial charge in [0.15, 0.2) is 0 Å². The van der Waals surface area contributed by atoms with Gasteiger partial charge < -0.3 is 4.98 Å². The number of benzene rings is 2. The highest BCUT2D eigenvalue weighted by atomic mass is 32.2. The average Bonchev–Trinajstić information content (AvgIpc) is 3.05. The van der Waals surface area contributed by atoms with E-state index in [4.69, 9.17) is 4.98 Å². The molecule has 4 nitrogen and oxygen atoms in total. The smallest absolute Gasteiger partial charge is 0.255 e. The summed E-state index contributed by atoms with van der Waals surface area (Å²) in [5.41, 5.74) is 3.56. The number of nitrogens with zero attached hydrogens (tertiary/aromatic N) is 2. The van der Waals surface area contributed by atoms with Crippen LogP contribution in [0.2, 0.25) is 0 Å². The molecule has 2 aromatic heterocycles. The van der Waals surface area contributed by atoms with E-state index in [0.717, 1.165) is 28.1 Å². The van der Waals surface area contributed by atoms with Gasteiger partial charge in [-0.2, -0.15) is 0 Å². The molecule has 0 aliphatic heterocycles. The Balaban J connectivity index is 1.75. The Bertz CT molecular complexity index is 1150. The number of rotatable bonds is 3. The van der Waals surface area contributed by atoms with Crippen LogP contribution in [0.5, 0.6) is 0 Å². The van der Waals surface area contributed by atoms with E-state index in [9.17, 15) is 4.79 Å². The standard InChI is InChI=1S/C22H21N3OS/c1-22(2,3)27-17-10-11-18-19(13-17)24-21(23-18)15-9-12-20(26)25(14-15)16-7-5-4-6-8-16/h4-14H,1-3H3,(H,23,24). The van der Waals surface area contributed by atoms with Gasteiger partial charge in [0, 0.05) is 33.2 Å². The van der Waals surface area contributed by atoms with Crippen molar-refractivity contribution < 1.29 is 0 Å². The summed E-state index contributed by atoms with van der Waals surface area (Å²) < 4.78 is 1.80. The SMILES string of the molecule is CC(C)(C)Sc1ccc2nc(-c3ccc(=O)n(-c4ccccc4)c3)[nH]c2c1. The van der Waals surface area contributed by atoms with Crippen LogP contribution >= 0.6 is 11.8 Å². The molecule has 2 aromatic carbocycles. The van der Waals surface area contributed by atoms with Gasteiger partial charge in [-0.3, -0.25) is 9.36 Å². The van der Waals surface area contributed by atoms with Crippen LogP contribution in [-0.2, 0) is 0 Å². The maximum atomic E-state index is 12.3. The third kappa shape index (κ3) is 3.83. The Morgan fingerprint density at radius 3 is 2.52 bits per heavy atom. The maximum absolute atomic E-state index is 12.3. The number of hydrogen-bond acceptors (Lipinski definition) is 3. The van der Waals surface area contributed by atoms with Crippen LogP contribution in [0.15, 0.2) is 76.6 Å². The monoisotopic (exact) mass is 375 g/mol. The number of imidazole rings is 1. The van der Waals surface area contributed by atoms with Gasteiger partial charge in [-0.1, -0.05) is 39.0 Å². The molecule has 27 heavy (non-hydrogen) atoms. The van der Waals surface area contributed by atoms with E-state index in [1.165, 1.54) is 4.90 Å². The zero-order valence-electron chi connectivity index (χ0n) is 15.6. The van der Waals surface area contributed by atoms with Crippen LogP contribution in [-0.4, -0.2) is 19.3 Å². The summed E-state index contributed by atoms with van der Waals surface area (Å²) in [5.74, 6) is 0.757. The highest BCUT2D eigenvalue weighted by Gasteiger charge is 2.14. The predicted octanol–water partition coefficient (Wildman–Crippen LogP) is 5.27. The topological polar surface area (TPSA) is 50.7 Å². The number of pyridine rings is 1. The fraction of sp³-hybridized carbons (Fsp3) is 0.182. The van der Waals surface area contributed by atoms with Gasteiger partial charge in [0.2, 0.25) is 0 Å². The summed E-state index contributed by atoms with van der Waals surface area (Å²) in [6.07, 6.45) is 1.83. The van der Waals surface area contributed by atoms with Gasteiger partial charge in [0.1, 0.15) is 5.82 Å². The molecular formula is C22H21N3OS. The van der Waals surface area contributed by atoms with Crippen molar-refractivity contribution in [3.05, 3.63) is 77.2 Å². The lowest BCUT2D eigenvalue weighted by Crippen LogP contribution is -2.16. The van der Waals surface area contributed by atoms with Crippen molar-refractivity contribution in [1.82, 2.24) is 14.5 Å². The predicted molar refractivity (Wildman–Crippen MR) is 113 cm³/mol. The third-order valence-corrected chi connectivity index (χ3v) is 5.20. The molecule has 0 aliphatic rings. The summed E-state index contributed by atoms with van der Waals surface area (Å²) in [5, 5.41) is 0. The molecule has 0 saturated carbocycles. The zero-order chi connectivity index (χ0) is 19.0. The molecule has 0 fully saturated rings. The number of hydrogen-bond donors (Lipinski definition) is 1. The molecule has 0 saturated heterocycles. The van der Waals surface area contributed by atoms with E-state index >= 15 is 0 Å². The van der Waals surface area contributed by atoms with Gasteiger partial charge in [-0.25, -0.2) is 4.98 Å². The van der Waals surface area contributed by atoms with E-state index < -0.39 is 0 Å². The maximum Gasteiger partial charge on any atom is 0.255 e. The van der Waals surface area contributed by atoms with Gasteiger partial charge in [0.05, 0.1) is 11.0 Å². The number of thioether (sulfide) groups is 1. The summed E-state index contributed by atoms with van der Waals surface area (Å²) in [7, 11) is 0. The fourth-order valence-electron chi connectivity index (χ4n) is 2.96. The minimum Gasteiger partial charge on any atom is -0.338 e. The van der Waals surface area contributed by atoms with Crippen molar-refractivity contribution in [1.29, 1.82) is 0 Å². The molecule has 5 heteroatoms. The van der Waals surface area contributed by atoms with Gasteiger partial charge in [0.25, 0.3) is 5.56 Å². The Labute approximate surface area is 162 Å². The summed E-state index contributed by atoms with van der Waals surface area (Å²) in [4.78, 5) is 21.6. The minimum absolute atomic E-state index is 0.0649. The highest BCUT2D eigenvalue weighted by Crippen LogP contribution is 2.33. The second kappa shape index (κ2) is 6.74. The number of para-hydroxylation sites is 1. The second-order valence-corrected chi connectivity index (χ2v) is 9.34. The third-order valence-electron chi connectivity index (χ3n) is 4.10. The number of nitrogens with one attached hydrogen (secondary N) is 1. The second-order valence-electron chi connectivity index (χ2n) is 7.44. The minimum atomic E-state index is -0.0649. The Hall–Kier alpha value is -2.79. The number of aromatic amines is 1. The molecule has 0 spiro atoms. The first-order chi connectivity index (χ1) is 12.9. The first kappa shape index (κ1) is 17.6. The van der Waals surface area contributed by atoms with Crippen LogP contribution < -0.4 is 5.56 Å². The number of aromatic nitrogens is 3. The van der Waals surface area contributed by atoms with Crippen molar-refractivity contribution in [2.24, 2.45) is 0 Å². The quantitative estimate of drug-likeness (QED) is 0.496. The van der Waals surface area contributed by atoms with Gasteiger partial charge in [-0.15, -0.1) is 11.8 Å². The van der Waals surface area contributed by atoms with E-state index in [1.807, 2.05) is 60.4 Å². The van der Waals surface area contributed by atoms with Crippen molar-refractivity contribution in [2.75, 3.05) is 0 Å². The first-order valence-corrected chi connectivity index (χ1v) is 9.68. The fourth-order valence-corrected chi connectivity index (χ4v) is 3.98. The van der Waals surface area contributed by atoms with Crippen LogP contribution in [0.3, 0.4) is 0 Å². The molecule has 4 rings (SSSR count). The van der Waals surface area contributed by atoms with Crippen molar-refractivity contribution in [3.8, 4) is 17.1 Å². The van der Waals surface area contributed by atoms with E-state index in [2.05, 4.69) is 37.9 Å². The van der Waals surface area contributed by atoms with Crippen LogP contribution in [0.1, 0.15) is 20.8 Å². The van der Waals surface area contributed by atoms with Gasteiger partial charge >= 0.3 is 0 Å². The highest BCUT2D eigenvalue weighted by molar-refractivity contribution is 8.00. The molecule has 136 valence electrons. The average molecular weight is 375 g/mol. The molecule has 0 unspecified atom stereocenters. The van der Waals surface area contributed by atoms with Crippen molar-refractivity contribution in [2.45, 2.75) is 30.4 Å². The molecule has 2 heterocycles. The molecule has 0 amide bonds. The summed E-state index contributed by atoms with van der Waals surface area (Å²) in [6.45, 7) is 6.60. The van der Waals surface area contributed by atoms with E-state index in [0.29, 0.717) is 0 Å². The van der Waals surface area contributed by atoms with Crippen LogP contribution in [0.4, 0.5) is 0 Å². The van der Waals surface area contributed by atoms with Crippen molar-refractivity contribution >= 4 is 22.8 Å². The molecule has 4 aromatic rings. The lowest BCUT2D eigenvalue weighted by molar-refractivity contribution is 0.803. The Morgan fingerprint density at radius 1 is 1.00 bits per heavy atom.